The molecule has 1 heterocycles. The number of carbonyl (C=O) groups is 2. The van der Waals surface area contributed by atoms with E-state index in [2.05, 4.69) is 10.6 Å². The van der Waals surface area contributed by atoms with Crippen LogP contribution in [0.15, 0.2) is 16.5 Å². The summed E-state index contributed by atoms with van der Waals surface area (Å²) in [5.74, 6) is -0.435. The second-order valence-electron chi connectivity index (χ2n) is 5.13. The standard InChI is InChI=1S/C14H20N2O4/c1-9(11-6-7-12(20-11)14(18)19)15-8-2-3-13(17)16-10-4-5-10/h6-7,9-10,15H,2-5,8H2,1H3,(H,16,17)(H,18,19). The van der Waals surface area contributed by atoms with Crippen LogP contribution in [0.25, 0.3) is 0 Å². The summed E-state index contributed by atoms with van der Waals surface area (Å²) in [7, 11) is 0. The van der Waals surface area contributed by atoms with Gasteiger partial charge in [0.1, 0.15) is 5.76 Å². The SMILES string of the molecule is CC(NCCCC(=O)NC1CC1)c1ccc(C(=O)O)o1. The second kappa shape index (κ2) is 6.56. The van der Waals surface area contributed by atoms with Crippen molar-refractivity contribution >= 4 is 11.9 Å². The van der Waals surface area contributed by atoms with Gasteiger partial charge >= 0.3 is 5.97 Å². The van der Waals surface area contributed by atoms with Crippen molar-refractivity contribution < 1.29 is 19.1 Å². The number of nitrogens with one attached hydrogen (secondary N) is 2. The molecule has 1 saturated carbocycles. The highest BCUT2D eigenvalue weighted by Gasteiger charge is 2.22. The molecule has 0 bridgehead atoms. The van der Waals surface area contributed by atoms with E-state index >= 15 is 0 Å². The quantitative estimate of drug-likeness (QED) is 0.630. The summed E-state index contributed by atoms with van der Waals surface area (Å²) in [6.07, 6.45) is 3.46. The molecule has 1 unspecified atom stereocenters. The Morgan fingerprint density at radius 3 is 2.80 bits per heavy atom. The summed E-state index contributed by atoms with van der Waals surface area (Å²) < 4.78 is 5.20. The van der Waals surface area contributed by atoms with Gasteiger partial charge in [0.05, 0.1) is 6.04 Å². The van der Waals surface area contributed by atoms with Crippen molar-refractivity contribution in [2.75, 3.05) is 6.54 Å². The zero-order chi connectivity index (χ0) is 14.5. The van der Waals surface area contributed by atoms with Gasteiger partial charge in [0.2, 0.25) is 11.7 Å². The van der Waals surface area contributed by atoms with E-state index in [1.807, 2.05) is 6.92 Å². The number of rotatable bonds is 8. The van der Waals surface area contributed by atoms with Crippen molar-refractivity contribution in [1.29, 1.82) is 0 Å². The Morgan fingerprint density at radius 1 is 1.45 bits per heavy atom. The van der Waals surface area contributed by atoms with Crippen molar-refractivity contribution in [2.45, 2.75) is 44.7 Å². The number of hydrogen-bond donors (Lipinski definition) is 3. The maximum atomic E-state index is 11.5. The third-order valence-electron chi connectivity index (χ3n) is 3.24. The average Bonchev–Trinajstić information content (AvgIpc) is 3.07. The van der Waals surface area contributed by atoms with Crippen molar-refractivity contribution in [2.24, 2.45) is 0 Å². The lowest BCUT2D eigenvalue weighted by Gasteiger charge is -2.11. The Balaban J connectivity index is 1.64. The molecule has 6 nitrogen and oxygen atoms in total. The van der Waals surface area contributed by atoms with E-state index in [1.165, 1.54) is 6.07 Å². The van der Waals surface area contributed by atoms with Gasteiger partial charge in [-0.3, -0.25) is 4.79 Å². The topological polar surface area (TPSA) is 91.6 Å². The van der Waals surface area contributed by atoms with Gasteiger partial charge in [-0.25, -0.2) is 4.79 Å². The summed E-state index contributed by atoms with van der Waals surface area (Å²) in [4.78, 5) is 22.2. The molecular formula is C14H20N2O4. The Bertz CT molecular complexity index is 479. The first-order valence-electron chi connectivity index (χ1n) is 6.92. The van der Waals surface area contributed by atoms with E-state index in [9.17, 15) is 9.59 Å². The molecule has 1 amide bonds. The second-order valence-corrected chi connectivity index (χ2v) is 5.13. The Hall–Kier alpha value is -1.82. The van der Waals surface area contributed by atoms with Crippen molar-refractivity contribution in [3.8, 4) is 0 Å². The first-order chi connectivity index (χ1) is 9.56. The van der Waals surface area contributed by atoms with Crippen molar-refractivity contribution in [1.82, 2.24) is 10.6 Å². The number of carboxylic acid groups (broad SMARTS) is 1. The van der Waals surface area contributed by atoms with Crippen LogP contribution in [0.2, 0.25) is 0 Å². The van der Waals surface area contributed by atoms with Gasteiger partial charge in [-0.15, -0.1) is 0 Å². The lowest BCUT2D eigenvalue weighted by Crippen LogP contribution is -2.27. The smallest absolute Gasteiger partial charge is 0.371 e. The minimum absolute atomic E-state index is 0.0579. The molecule has 0 aliphatic heterocycles. The van der Waals surface area contributed by atoms with Gasteiger partial charge in [0, 0.05) is 12.5 Å². The molecule has 1 aromatic rings. The first kappa shape index (κ1) is 14.6. The van der Waals surface area contributed by atoms with Gasteiger partial charge in [-0.1, -0.05) is 0 Å². The van der Waals surface area contributed by atoms with Gasteiger partial charge in [-0.2, -0.15) is 0 Å². The van der Waals surface area contributed by atoms with Crippen molar-refractivity contribution in [3.05, 3.63) is 23.7 Å². The molecule has 1 aliphatic rings. The maximum Gasteiger partial charge on any atom is 0.371 e. The van der Waals surface area contributed by atoms with E-state index in [0.717, 1.165) is 19.3 Å². The van der Waals surface area contributed by atoms with Crippen LogP contribution in [0.4, 0.5) is 0 Å². The van der Waals surface area contributed by atoms with Crippen LogP contribution in [0.1, 0.15) is 55.0 Å². The largest absolute Gasteiger partial charge is 0.475 e. The molecule has 1 atom stereocenters. The fourth-order valence-corrected chi connectivity index (χ4v) is 1.90. The van der Waals surface area contributed by atoms with Gasteiger partial charge in [0.25, 0.3) is 0 Å². The summed E-state index contributed by atoms with van der Waals surface area (Å²) in [5.41, 5.74) is 0. The predicted octanol–water partition coefficient (Wildman–Crippen LogP) is 1.69. The third kappa shape index (κ3) is 4.38. The molecule has 2 rings (SSSR count). The third-order valence-corrected chi connectivity index (χ3v) is 3.24. The molecule has 0 spiro atoms. The first-order valence-corrected chi connectivity index (χ1v) is 6.92. The molecule has 0 radical (unpaired) electrons. The molecule has 1 fully saturated rings. The molecule has 6 heteroatoms. The number of carboxylic acids is 1. The predicted molar refractivity (Wildman–Crippen MR) is 72.5 cm³/mol. The van der Waals surface area contributed by atoms with Crippen LogP contribution >= 0.6 is 0 Å². The molecular weight excluding hydrogens is 260 g/mol. The molecule has 20 heavy (non-hydrogen) atoms. The zero-order valence-corrected chi connectivity index (χ0v) is 11.5. The number of hydrogen-bond acceptors (Lipinski definition) is 4. The molecule has 110 valence electrons. The molecule has 0 aromatic carbocycles. The van der Waals surface area contributed by atoms with E-state index < -0.39 is 5.97 Å². The molecule has 0 saturated heterocycles. The van der Waals surface area contributed by atoms with Crippen LogP contribution in [0, 0.1) is 0 Å². The minimum atomic E-state index is -1.07. The summed E-state index contributed by atoms with van der Waals surface area (Å²) in [5, 5.41) is 14.9. The lowest BCUT2D eigenvalue weighted by molar-refractivity contribution is -0.121. The summed E-state index contributed by atoms with van der Waals surface area (Å²) >= 11 is 0. The maximum absolute atomic E-state index is 11.5. The number of aromatic carboxylic acids is 1. The van der Waals surface area contributed by atoms with Crippen LogP contribution in [-0.2, 0) is 4.79 Å². The van der Waals surface area contributed by atoms with Gasteiger partial charge < -0.3 is 20.2 Å². The zero-order valence-electron chi connectivity index (χ0n) is 11.5. The molecule has 3 N–H and O–H groups in total. The van der Waals surface area contributed by atoms with Crippen LogP contribution < -0.4 is 10.6 Å². The monoisotopic (exact) mass is 280 g/mol. The van der Waals surface area contributed by atoms with Gasteiger partial charge in [-0.05, 0) is 44.9 Å². The number of carbonyl (C=O) groups excluding carboxylic acids is 1. The fourth-order valence-electron chi connectivity index (χ4n) is 1.90. The fraction of sp³-hybridized carbons (Fsp3) is 0.571. The molecule has 1 aromatic heterocycles. The Kier molecular flexibility index (Phi) is 4.79. The Labute approximate surface area is 117 Å². The highest BCUT2D eigenvalue weighted by molar-refractivity contribution is 5.84. The minimum Gasteiger partial charge on any atom is -0.475 e. The highest BCUT2D eigenvalue weighted by atomic mass is 16.4. The van der Waals surface area contributed by atoms with E-state index in [0.29, 0.717) is 24.8 Å². The number of amides is 1. The van der Waals surface area contributed by atoms with E-state index in [-0.39, 0.29) is 17.7 Å². The number of furan rings is 1. The Morgan fingerprint density at radius 2 is 2.20 bits per heavy atom. The molecule has 1 aliphatic carbocycles. The summed E-state index contributed by atoms with van der Waals surface area (Å²) in [6.45, 7) is 2.58. The van der Waals surface area contributed by atoms with Crippen LogP contribution in [-0.4, -0.2) is 29.6 Å². The van der Waals surface area contributed by atoms with E-state index in [4.69, 9.17) is 9.52 Å². The van der Waals surface area contributed by atoms with E-state index in [1.54, 1.807) is 6.07 Å². The highest BCUT2D eigenvalue weighted by Crippen LogP contribution is 2.19. The lowest BCUT2D eigenvalue weighted by atomic mass is 10.2. The van der Waals surface area contributed by atoms with Gasteiger partial charge in [0.15, 0.2) is 0 Å². The van der Waals surface area contributed by atoms with Crippen LogP contribution in [0.3, 0.4) is 0 Å². The normalized spacial score (nSPS) is 15.8. The average molecular weight is 280 g/mol. The van der Waals surface area contributed by atoms with Crippen LogP contribution in [0.5, 0.6) is 0 Å². The van der Waals surface area contributed by atoms with Crippen molar-refractivity contribution in [3.63, 3.8) is 0 Å². The summed E-state index contributed by atoms with van der Waals surface area (Å²) in [6, 6.07) is 3.43.